The number of hydrogen-bond acceptors (Lipinski definition) is 6. The van der Waals surface area contributed by atoms with Gasteiger partial charge in [0.1, 0.15) is 0 Å². The van der Waals surface area contributed by atoms with Crippen LogP contribution in [-0.2, 0) is 14.8 Å². The molecule has 0 spiro atoms. The van der Waals surface area contributed by atoms with E-state index in [1.165, 1.54) is 11.8 Å². The van der Waals surface area contributed by atoms with Gasteiger partial charge in [-0.15, -0.1) is 11.8 Å². The Morgan fingerprint density at radius 1 is 1.07 bits per heavy atom. The van der Waals surface area contributed by atoms with Gasteiger partial charge in [0.05, 0.1) is 22.7 Å². The number of carboxylic acid groups (broad SMARTS) is 1. The molecule has 160 valence electrons. The van der Waals surface area contributed by atoms with Crippen LogP contribution in [0.1, 0.15) is 25.7 Å². The molecule has 30 heavy (non-hydrogen) atoms. The number of fused-ring (bicyclic) bond motifs is 1. The highest BCUT2D eigenvalue weighted by molar-refractivity contribution is 8.00. The lowest BCUT2D eigenvalue weighted by Gasteiger charge is -2.29. The lowest BCUT2D eigenvalue weighted by atomic mass is 10.3. The maximum atomic E-state index is 13.0. The molecule has 1 fully saturated rings. The molecule has 0 aromatic heterocycles. The highest BCUT2D eigenvalue weighted by Crippen LogP contribution is 2.42. The van der Waals surface area contributed by atoms with Crippen molar-refractivity contribution in [2.24, 2.45) is 0 Å². The molecule has 1 saturated carbocycles. The number of nitrogens with zero attached hydrogens (tertiary/aromatic N) is 1. The van der Waals surface area contributed by atoms with Crippen LogP contribution in [0.3, 0.4) is 0 Å². The van der Waals surface area contributed by atoms with E-state index < -0.39 is 21.0 Å². The van der Waals surface area contributed by atoms with E-state index in [-0.39, 0.29) is 12.5 Å². The predicted molar refractivity (Wildman–Crippen MR) is 119 cm³/mol. The zero-order valence-electron chi connectivity index (χ0n) is 16.5. The minimum absolute atomic E-state index is 0.0696. The second kappa shape index (κ2) is 8.49. The molecule has 0 bridgehead atoms. The van der Waals surface area contributed by atoms with Crippen molar-refractivity contribution in [1.82, 2.24) is 4.31 Å². The highest BCUT2D eigenvalue weighted by Gasteiger charge is 2.40. The number of thioether (sulfide) groups is 1. The largest absolute Gasteiger partial charge is 0.481 e. The number of anilines is 2. The molecule has 0 amide bonds. The second-order valence-corrected chi connectivity index (χ2v) is 10.8. The summed E-state index contributed by atoms with van der Waals surface area (Å²) in [6.07, 6.45) is 2.32. The summed E-state index contributed by atoms with van der Waals surface area (Å²) in [6, 6.07) is 16.2. The quantitative estimate of drug-likeness (QED) is 0.478. The van der Waals surface area contributed by atoms with Crippen molar-refractivity contribution in [2.45, 2.75) is 41.6 Å². The van der Waals surface area contributed by atoms with Crippen molar-refractivity contribution in [3.8, 4) is 0 Å². The number of para-hydroxylation sites is 2. The van der Waals surface area contributed by atoms with Crippen molar-refractivity contribution in [2.75, 3.05) is 22.9 Å². The predicted octanol–water partition coefficient (Wildman–Crippen LogP) is 3.63. The maximum Gasteiger partial charge on any atom is 0.308 e. The number of aliphatic carboxylic acids is 1. The third-order valence-electron chi connectivity index (χ3n) is 5.18. The molecule has 1 aliphatic carbocycles. The normalized spacial score (nSPS) is 17.2. The minimum Gasteiger partial charge on any atom is -0.481 e. The lowest BCUT2D eigenvalue weighted by molar-refractivity contribution is -0.137. The van der Waals surface area contributed by atoms with Crippen LogP contribution in [0.4, 0.5) is 11.4 Å². The number of sulfonamides is 1. The first kappa shape index (κ1) is 21.0. The van der Waals surface area contributed by atoms with Gasteiger partial charge in [0.2, 0.25) is 10.0 Å². The zero-order chi connectivity index (χ0) is 21.2. The van der Waals surface area contributed by atoms with E-state index in [0.717, 1.165) is 24.2 Å². The number of rotatable bonds is 10. The molecule has 7 nitrogen and oxygen atoms in total. The van der Waals surface area contributed by atoms with E-state index in [1.807, 2.05) is 24.3 Å². The van der Waals surface area contributed by atoms with Gasteiger partial charge in [0.15, 0.2) is 4.99 Å². The number of carbonyl (C=O) groups is 1. The monoisotopic (exact) mass is 447 g/mol. The fraction of sp³-hybridized carbons (Fsp3) is 0.381. The van der Waals surface area contributed by atoms with Crippen molar-refractivity contribution >= 4 is 39.1 Å². The summed E-state index contributed by atoms with van der Waals surface area (Å²) in [5.74, 6) is -0.281. The van der Waals surface area contributed by atoms with Gasteiger partial charge in [-0.1, -0.05) is 30.3 Å². The molecule has 1 heterocycles. The van der Waals surface area contributed by atoms with Gasteiger partial charge in [-0.25, -0.2) is 8.42 Å². The first-order valence-electron chi connectivity index (χ1n) is 9.98. The second-order valence-electron chi connectivity index (χ2n) is 7.56. The molecule has 0 saturated heterocycles. The van der Waals surface area contributed by atoms with Crippen molar-refractivity contribution < 1.29 is 18.3 Å². The van der Waals surface area contributed by atoms with Crippen molar-refractivity contribution in [1.29, 1.82) is 0 Å². The SMILES string of the molecule is O=C(O)CC1(SCCCN(C2CC2)S(=O)(=O)c2ccccc2)Nc2ccccc2N1. The fourth-order valence-electron chi connectivity index (χ4n) is 3.65. The van der Waals surface area contributed by atoms with Gasteiger partial charge < -0.3 is 15.7 Å². The lowest BCUT2D eigenvalue weighted by Crippen LogP contribution is -2.41. The summed E-state index contributed by atoms with van der Waals surface area (Å²) in [6.45, 7) is 0.422. The smallest absolute Gasteiger partial charge is 0.308 e. The van der Waals surface area contributed by atoms with Crippen LogP contribution in [0.15, 0.2) is 59.5 Å². The van der Waals surface area contributed by atoms with E-state index in [0.29, 0.717) is 23.6 Å². The molecule has 0 radical (unpaired) electrons. The Hall–Kier alpha value is -2.23. The first-order chi connectivity index (χ1) is 14.4. The minimum atomic E-state index is -3.52. The van der Waals surface area contributed by atoms with E-state index in [1.54, 1.807) is 34.6 Å². The van der Waals surface area contributed by atoms with Gasteiger partial charge in [0, 0.05) is 12.6 Å². The molecule has 0 unspecified atom stereocenters. The van der Waals surface area contributed by atoms with Crippen molar-refractivity contribution in [3.63, 3.8) is 0 Å². The van der Waals surface area contributed by atoms with E-state index in [9.17, 15) is 18.3 Å². The van der Waals surface area contributed by atoms with Crippen LogP contribution >= 0.6 is 11.8 Å². The molecule has 4 rings (SSSR count). The Morgan fingerprint density at radius 3 is 2.23 bits per heavy atom. The van der Waals surface area contributed by atoms with Crippen molar-refractivity contribution in [3.05, 3.63) is 54.6 Å². The molecule has 2 aromatic rings. The summed E-state index contributed by atoms with van der Waals surface area (Å²) in [7, 11) is -3.52. The highest BCUT2D eigenvalue weighted by atomic mass is 32.2. The standard InChI is InChI=1S/C21H25N3O4S2/c25-20(26)15-21(22-18-9-4-5-10-19(18)23-21)29-14-6-13-24(16-11-12-16)30(27,28)17-7-2-1-3-8-17/h1-5,7-10,16,22-23H,6,11-15H2,(H,25,26). The summed E-state index contributed by atoms with van der Waals surface area (Å²) in [5.41, 5.74) is 1.75. The Bertz CT molecular complexity index is 985. The Balaban J connectivity index is 1.39. The van der Waals surface area contributed by atoms with Gasteiger partial charge in [0.25, 0.3) is 0 Å². The third-order valence-corrected chi connectivity index (χ3v) is 8.48. The average molecular weight is 448 g/mol. The van der Waals surface area contributed by atoms with Gasteiger partial charge >= 0.3 is 5.97 Å². The van der Waals surface area contributed by atoms with E-state index in [2.05, 4.69) is 10.6 Å². The first-order valence-corrected chi connectivity index (χ1v) is 12.4. The zero-order valence-corrected chi connectivity index (χ0v) is 18.1. The Labute approximate surface area is 180 Å². The Morgan fingerprint density at radius 2 is 1.67 bits per heavy atom. The summed E-state index contributed by atoms with van der Waals surface area (Å²) in [4.78, 5) is 10.9. The number of benzene rings is 2. The van der Waals surface area contributed by atoms with E-state index >= 15 is 0 Å². The molecule has 9 heteroatoms. The fourth-order valence-corrected chi connectivity index (χ4v) is 6.60. The maximum absolute atomic E-state index is 13.0. The van der Waals surface area contributed by atoms with Crippen LogP contribution in [0.25, 0.3) is 0 Å². The van der Waals surface area contributed by atoms with Gasteiger partial charge in [-0.3, -0.25) is 4.79 Å². The van der Waals surface area contributed by atoms with Gasteiger partial charge in [-0.05, 0) is 49.3 Å². The number of carboxylic acids is 1. The van der Waals surface area contributed by atoms with Crippen LogP contribution < -0.4 is 10.6 Å². The third kappa shape index (κ3) is 4.58. The van der Waals surface area contributed by atoms with Crippen LogP contribution in [0, 0.1) is 0 Å². The summed E-state index contributed by atoms with van der Waals surface area (Å²) in [5, 5.41) is 16.0. The van der Waals surface area contributed by atoms with Crippen LogP contribution in [0.2, 0.25) is 0 Å². The van der Waals surface area contributed by atoms with Gasteiger partial charge in [-0.2, -0.15) is 4.31 Å². The molecule has 0 atom stereocenters. The average Bonchev–Trinajstić information content (AvgIpc) is 3.48. The number of nitrogens with one attached hydrogen (secondary N) is 2. The molecule has 3 N–H and O–H groups in total. The van der Waals surface area contributed by atoms with E-state index in [4.69, 9.17) is 0 Å². The molecular formula is C21H25N3O4S2. The molecule has 2 aliphatic rings. The van der Waals surface area contributed by atoms with Crippen LogP contribution in [-0.4, -0.2) is 47.1 Å². The topological polar surface area (TPSA) is 98.7 Å². The Kier molecular flexibility index (Phi) is 5.95. The molecule has 2 aromatic carbocycles. The summed E-state index contributed by atoms with van der Waals surface area (Å²) < 4.78 is 27.7. The van der Waals surface area contributed by atoms with Crippen LogP contribution in [0.5, 0.6) is 0 Å². The molecule has 1 aliphatic heterocycles. The summed E-state index contributed by atoms with van der Waals surface area (Å²) >= 11 is 1.47. The number of hydrogen-bond donors (Lipinski definition) is 3. The molecular weight excluding hydrogens is 422 g/mol.